The fraction of sp³-hybridized carbons (Fsp3) is 0.375. The summed E-state index contributed by atoms with van der Waals surface area (Å²) < 4.78 is 5.87. The van der Waals surface area contributed by atoms with Crippen LogP contribution in [0.2, 0.25) is 5.02 Å². The summed E-state index contributed by atoms with van der Waals surface area (Å²) in [6.07, 6.45) is 3.66. The average Bonchev–Trinajstić information content (AvgIpc) is 3.06. The number of likely N-dealkylation sites (tertiary alicyclic amines) is 1. The molecule has 1 aromatic heterocycles. The SMILES string of the molecule is Cc1ccc2oc(C(=O)NC[C@H](c3ccc(Cl)cc3)N3CCCCC3)c(C)c2c1. The highest BCUT2D eigenvalue weighted by Gasteiger charge is 2.24. The highest BCUT2D eigenvalue weighted by Crippen LogP contribution is 2.28. The molecule has 0 saturated carbocycles. The summed E-state index contributed by atoms with van der Waals surface area (Å²) in [5.41, 5.74) is 3.97. The van der Waals surface area contributed by atoms with Gasteiger partial charge in [-0.2, -0.15) is 0 Å². The van der Waals surface area contributed by atoms with Crippen molar-refractivity contribution in [2.24, 2.45) is 0 Å². The molecule has 0 unspecified atom stereocenters. The normalized spacial score (nSPS) is 16.1. The number of amides is 1. The number of fused-ring (bicyclic) bond motifs is 1. The zero-order valence-corrected chi connectivity index (χ0v) is 17.8. The van der Waals surface area contributed by atoms with E-state index in [1.807, 2.05) is 38.1 Å². The molecule has 1 atom stereocenters. The molecule has 0 bridgehead atoms. The van der Waals surface area contributed by atoms with Gasteiger partial charge in [-0.05, 0) is 69.6 Å². The average molecular weight is 411 g/mol. The molecule has 2 aromatic carbocycles. The van der Waals surface area contributed by atoms with Crippen LogP contribution in [0.25, 0.3) is 11.0 Å². The Morgan fingerprint density at radius 2 is 1.83 bits per heavy atom. The molecule has 0 radical (unpaired) electrons. The van der Waals surface area contributed by atoms with Gasteiger partial charge in [0.1, 0.15) is 5.58 Å². The molecule has 152 valence electrons. The molecule has 1 aliphatic rings. The zero-order valence-electron chi connectivity index (χ0n) is 17.0. The molecule has 3 aromatic rings. The second-order valence-electron chi connectivity index (χ2n) is 7.93. The van der Waals surface area contributed by atoms with E-state index < -0.39 is 0 Å². The van der Waals surface area contributed by atoms with Crippen LogP contribution in [-0.2, 0) is 0 Å². The van der Waals surface area contributed by atoms with Gasteiger partial charge in [-0.3, -0.25) is 9.69 Å². The Labute approximate surface area is 176 Å². The molecule has 1 aliphatic heterocycles. The number of carbonyl (C=O) groups excluding carboxylic acids is 1. The standard InChI is InChI=1S/C24H27ClN2O2/c1-16-6-11-22-20(14-16)17(2)23(29-22)24(28)26-15-21(27-12-4-3-5-13-27)18-7-9-19(25)10-8-18/h6-11,14,21H,3-5,12-13,15H2,1-2H3,(H,26,28)/t21-/m1/s1. The Kier molecular flexibility index (Phi) is 5.93. The molecule has 1 amide bonds. The largest absolute Gasteiger partial charge is 0.451 e. The molecule has 29 heavy (non-hydrogen) atoms. The van der Waals surface area contributed by atoms with Crippen molar-refractivity contribution in [3.05, 3.63) is 69.9 Å². The number of carbonyl (C=O) groups is 1. The fourth-order valence-corrected chi connectivity index (χ4v) is 4.32. The lowest BCUT2D eigenvalue weighted by Crippen LogP contribution is -2.40. The van der Waals surface area contributed by atoms with E-state index in [0.717, 1.165) is 40.2 Å². The second-order valence-corrected chi connectivity index (χ2v) is 8.37. The molecule has 4 rings (SSSR count). The smallest absolute Gasteiger partial charge is 0.287 e. The van der Waals surface area contributed by atoms with Crippen molar-refractivity contribution in [1.82, 2.24) is 10.2 Å². The van der Waals surface area contributed by atoms with Crippen LogP contribution >= 0.6 is 11.6 Å². The molecule has 1 fully saturated rings. The summed E-state index contributed by atoms with van der Waals surface area (Å²) in [6.45, 7) is 6.62. The monoisotopic (exact) mass is 410 g/mol. The van der Waals surface area contributed by atoms with Crippen molar-refractivity contribution in [2.45, 2.75) is 39.2 Å². The molecule has 1 N–H and O–H groups in total. The van der Waals surface area contributed by atoms with Crippen molar-refractivity contribution in [3.8, 4) is 0 Å². The highest BCUT2D eigenvalue weighted by atomic mass is 35.5. The van der Waals surface area contributed by atoms with Crippen molar-refractivity contribution >= 4 is 28.5 Å². The lowest BCUT2D eigenvalue weighted by Gasteiger charge is -2.35. The first kappa shape index (κ1) is 20.0. The van der Waals surface area contributed by atoms with Crippen LogP contribution in [0.15, 0.2) is 46.9 Å². The first-order valence-electron chi connectivity index (χ1n) is 10.3. The summed E-state index contributed by atoms with van der Waals surface area (Å²) in [7, 11) is 0. The topological polar surface area (TPSA) is 45.5 Å². The Bertz CT molecular complexity index is 1000. The van der Waals surface area contributed by atoms with E-state index in [4.69, 9.17) is 16.0 Å². The molecular weight excluding hydrogens is 384 g/mol. The minimum Gasteiger partial charge on any atom is -0.451 e. The van der Waals surface area contributed by atoms with Gasteiger partial charge in [-0.1, -0.05) is 41.8 Å². The molecule has 1 saturated heterocycles. The minimum absolute atomic E-state index is 0.128. The molecule has 4 nitrogen and oxygen atoms in total. The maximum Gasteiger partial charge on any atom is 0.287 e. The third-order valence-corrected chi connectivity index (χ3v) is 6.09. The van der Waals surface area contributed by atoms with Gasteiger partial charge in [0.15, 0.2) is 5.76 Å². The third kappa shape index (κ3) is 4.34. The van der Waals surface area contributed by atoms with E-state index in [1.165, 1.54) is 24.8 Å². The number of nitrogens with one attached hydrogen (secondary N) is 1. The van der Waals surface area contributed by atoms with E-state index in [-0.39, 0.29) is 11.9 Å². The van der Waals surface area contributed by atoms with E-state index in [9.17, 15) is 4.79 Å². The first-order chi connectivity index (χ1) is 14.0. The number of benzene rings is 2. The predicted molar refractivity (Wildman–Crippen MR) is 118 cm³/mol. The van der Waals surface area contributed by atoms with Crippen LogP contribution in [0.5, 0.6) is 0 Å². The van der Waals surface area contributed by atoms with Crippen LogP contribution in [0, 0.1) is 13.8 Å². The van der Waals surface area contributed by atoms with Gasteiger partial charge in [0.2, 0.25) is 0 Å². The van der Waals surface area contributed by atoms with E-state index in [1.54, 1.807) is 0 Å². The minimum atomic E-state index is -0.160. The number of piperidine rings is 1. The Morgan fingerprint density at radius 1 is 1.10 bits per heavy atom. The molecule has 0 spiro atoms. The third-order valence-electron chi connectivity index (χ3n) is 5.84. The quantitative estimate of drug-likeness (QED) is 0.590. The molecule has 5 heteroatoms. The Balaban J connectivity index is 1.54. The van der Waals surface area contributed by atoms with Gasteiger partial charge >= 0.3 is 0 Å². The van der Waals surface area contributed by atoms with Gasteiger partial charge in [0.05, 0.1) is 6.04 Å². The number of halogens is 1. The number of hydrogen-bond donors (Lipinski definition) is 1. The van der Waals surface area contributed by atoms with Gasteiger partial charge in [-0.15, -0.1) is 0 Å². The van der Waals surface area contributed by atoms with Gasteiger partial charge in [0, 0.05) is 22.5 Å². The summed E-state index contributed by atoms with van der Waals surface area (Å²) >= 11 is 6.08. The van der Waals surface area contributed by atoms with Gasteiger partial charge in [-0.25, -0.2) is 0 Å². The molecular formula is C24H27ClN2O2. The molecule has 2 heterocycles. The van der Waals surface area contributed by atoms with Crippen LogP contribution in [0.1, 0.15) is 52.5 Å². The van der Waals surface area contributed by atoms with Gasteiger partial charge < -0.3 is 9.73 Å². The van der Waals surface area contributed by atoms with Gasteiger partial charge in [0.25, 0.3) is 5.91 Å². The maximum absolute atomic E-state index is 12.9. The number of hydrogen-bond acceptors (Lipinski definition) is 3. The number of aryl methyl sites for hydroxylation is 2. The lowest BCUT2D eigenvalue weighted by atomic mass is 10.0. The summed E-state index contributed by atoms with van der Waals surface area (Å²) in [5.74, 6) is 0.242. The lowest BCUT2D eigenvalue weighted by molar-refractivity contribution is 0.0898. The zero-order chi connectivity index (χ0) is 20.4. The van der Waals surface area contributed by atoms with E-state index in [2.05, 4.69) is 28.4 Å². The van der Waals surface area contributed by atoms with Crippen molar-refractivity contribution in [2.75, 3.05) is 19.6 Å². The first-order valence-corrected chi connectivity index (χ1v) is 10.7. The van der Waals surface area contributed by atoms with E-state index in [0.29, 0.717) is 12.3 Å². The maximum atomic E-state index is 12.9. The Morgan fingerprint density at radius 3 is 2.55 bits per heavy atom. The van der Waals surface area contributed by atoms with Crippen LogP contribution in [0.4, 0.5) is 0 Å². The van der Waals surface area contributed by atoms with Crippen LogP contribution in [-0.4, -0.2) is 30.4 Å². The summed E-state index contributed by atoms with van der Waals surface area (Å²) in [5, 5.41) is 4.84. The van der Waals surface area contributed by atoms with Crippen LogP contribution in [0.3, 0.4) is 0 Å². The molecule has 0 aliphatic carbocycles. The fourth-order valence-electron chi connectivity index (χ4n) is 4.19. The number of rotatable bonds is 5. The van der Waals surface area contributed by atoms with Crippen molar-refractivity contribution in [3.63, 3.8) is 0 Å². The number of nitrogens with zero attached hydrogens (tertiary/aromatic N) is 1. The van der Waals surface area contributed by atoms with Crippen molar-refractivity contribution < 1.29 is 9.21 Å². The summed E-state index contributed by atoms with van der Waals surface area (Å²) in [4.78, 5) is 15.4. The van der Waals surface area contributed by atoms with Crippen molar-refractivity contribution in [1.29, 1.82) is 0 Å². The van der Waals surface area contributed by atoms with E-state index >= 15 is 0 Å². The van der Waals surface area contributed by atoms with Crippen LogP contribution < -0.4 is 5.32 Å². The number of furan rings is 1. The summed E-state index contributed by atoms with van der Waals surface area (Å²) in [6, 6.07) is 14.1. The highest BCUT2D eigenvalue weighted by molar-refractivity contribution is 6.30. The predicted octanol–water partition coefficient (Wildman–Crippen LogP) is 5.66. The Hall–Kier alpha value is -2.30. The second kappa shape index (κ2) is 8.60.